The van der Waals surface area contributed by atoms with Crippen molar-refractivity contribution < 1.29 is 22.8 Å². The van der Waals surface area contributed by atoms with E-state index in [2.05, 4.69) is 5.32 Å². The minimum absolute atomic E-state index is 0.00000997. The minimum Gasteiger partial charge on any atom is -0.322 e. The summed E-state index contributed by atoms with van der Waals surface area (Å²) >= 11 is 5.58. The number of carbonyl (C=O) groups is 2. The topological polar surface area (TPSA) is 49.4 Å². The van der Waals surface area contributed by atoms with Crippen LogP contribution in [0.1, 0.15) is 34.8 Å². The molecule has 0 unspecified atom stereocenters. The lowest BCUT2D eigenvalue weighted by Gasteiger charge is -2.16. The Morgan fingerprint density at radius 2 is 1.93 bits per heavy atom. The molecule has 0 aliphatic carbocycles. The third-order valence-corrected chi connectivity index (χ3v) is 4.70. The zero-order valence-electron chi connectivity index (χ0n) is 14.4. The van der Waals surface area contributed by atoms with Crippen molar-refractivity contribution in [1.82, 2.24) is 0 Å². The molecule has 0 saturated heterocycles. The number of nitrogens with zero attached hydrogens (tertiary/aromatic N) is 1. The lowest BCUT2D eigenvalue weighted by atomic mass is 10.1. The molecule has 2 aromatic carbocycles. The van der Waals surface area contributed by atoms with Gasteiger partial charge in [-0.25, -0.2) is 0 Å². The number of halogens is 4. The molecule has 1 heterocycles. The highest BCUT2D eigenvalue weighted by Gasteiger charge is 2.33. The second-order valence-corrected chi connectivity index (χ2v) is 6.55. The number of carbonyl (C=O) groups excluding carboxylic acids is 2. The standard InChI is InChI=1S/C19H16ClF3N2O2/c1-2-17(26)25-8-7-11-9-12(3-6-16(11)25)18(27)24-13-4-5-15(20)14(10-13)19(21,22)23/h3-6,9-10H,2,7-8H2,1H3,(H,24,27). The van der Waals surface area contributed by atoms with Crippen LogP contribution in [0.2, 0.25) is 5.02 Å². The van der Waals surface area contributed by atoms with Crippen molar-refractivity contribution in [1.29, 1.82) is 0 Å². The molecule has 142 valence electrons. The predicted molar refractivity (Wildman–Crippen MR) is 97.2 cm³/mol. The smallest absolute Gasteiger partial charge is 0.322 e. The molecule has 2 aromatic rings. The van der Waals surface area contributed by atoms with Crippen molar-refractivity contribution in [3.8, 4) is 0 Å². The van der Waals surface area contributed by atoms with Gasteiger partial charge in [-0.3, -0.25) is 9.59 Å². The van der Waals surface area contributed by atoms with Crippen LogP contribution in [-0.2, 0) is 17.4 Å². The number of fused-ring (bicyclic) bond motifs is 1. The van der Waals surface area contributed by atoms with Crippen molar-refractivity contribution in [3.63, 3.8) is 0 Å². The van der Waals surface area contributed by atoms with Crippen LogP contribution < -0.4 is 10.2 Å². The second-order valence-electron chi connectivity index (χ2n) is 6.14. The summed E-state index contributed by atoms with van der Waals surface area (Å²) < 4.78 is 38.8. The Hall–Kier alpha value is -2.54. The summed E-state index contributed by atoms with van der Waals surface area (Å²) in [5.41, 5.74) is 0.925. The van der Waals surface area contributed by atoms with Crippen LogP contribution in [0.25, 0.3) is 0 Å². The molecule has 0 bridgehead atoms. The molecule has 1 N–H and O–H groups in total. The summed E-state index contributed by atoms with van der Waals surface area (Å²) in [6, 6.07) is 8.11. The largest absolute Gasteiger partial charge is 0.417 e. The molecule has 0 aromatic heterocycles. The van der Waals surface area contributed by atoms with E-state index in [1.54, 1.807) is 30.0 Å². The van der Waals surface area contributed by atoms with Crippen molar-refractivity contribution in [3.05, 3.63) is 58.1 Å². The molecule has 0 spiro atoms. The first kappa shape index (κ1) is 19.2. The minimum atomic E-state index is -4.61. The molecule has 0 atom stereocenters. The molecule has 0 saturated carbocycles. The maximum absolute atomic E-state index is 12.9. The molecule has 0 fully saturated rings. The van der Waals surface area contributed by atoms with E-state index in [1.807, 2.05) is 0 Å². The zero-order chi connectivity index (χ0) is 19.8. The van der Waals surface area contributed by atoms with E-state index in [9.17, 15) is 22.8 Å². The summed E-state index contributed by atoms with van der Waals surface area (Å²) in [4.78, 5) is 26.0. The fourth-order valence-corrected chi connectivity index (χ4v) is 3.24. The fourth-order valence-electron chi connectivity index (χ4n) is 3.02. The summed E-state index contributed by atoms with van der Waals surface area (Å²) in [5, 5.41) is 2.02. The molecule has 1 aliphatic heterocycles. The Balaban J connectivity index is 1.81. The molecular formula is C19H16ClF3N2O2. The maximum Gasteiger partial charge on any atom is 0.417 e. The average Bonchev–Trinajstić information content (AvgIpc) is 3.04. The molecule has 0 radical (unpaired) electrons. The van der Waals surface area contributed by atoms with E-state index in [-0.39, 0.29) is 11.6 Å². The number of benzene rings is 2. The quantitative estimate of drug-likeness (QED) is 0.801. The third-order valence-electron chi connectivity index (χ3n) is 4.37. The van der Waals surface area contributed by atoms with Crippen molar-refractivity contribution in [2.75, 3.05) is 16.8 Å². The highest BCUT2D eigenvalue weighted by atomic mass is 35.5. The fraction of sp³-hybridized carbons (Fsp3) is 0.263. The van der Waals surface area contributed by atoms with E-state index < -0.39 is 22.7 Å². The van der Waals surface area contributed by atoms with Crippen LogP contribution in [0, 0.1) is 0 Å². The Bertz CT molecular complexity index is 912. The molecule has 3 rings (SSSR count). The van der Waals surface area contributed by atoms with Crippen LogP contribution >= 0.6 is 11.6 Å². The van der Waals surface area contributed by atoms with Crippen LogP contribution in [0.5, 0.6) is 0 Å². The Morgan fingerprint density at radius 3 is 2.59 bits per heavy atom. The molecule has 1 aliphatic rings. The Kier molecular flexibility index (Phi) is 5.15. The molecule has 2 amide bonds. The van der Waals surface area contributed by atoms with E-state index >= 15 is 0 Å². The van der Waals surface area contributed by atoms with Gasteiger partial charge in [0.25, 0.3) is 5.91 Å². The number of rotatable bonds is 3. The van der Waals surface area contributed by atoms with Gasteiger partial charge in [0.2, 0.25) is 5.91 Å². The highest BCUT2D eigenvalue weighted by molar-refractivity contribution is 6.31. The zero-order valence-corrected chi connectivity index (χ0v) is 15.1. The number of hydrogen-bond acceptors (Lipinski definition) is 2. The third kappa shape index (κ3) is 3.93. The molecule has 8 heteroatoms. The van der Waals surface area contributed by atoms with Gasteiger partial charge < -0.3 is 10.2 Å². The second kappa shape index (κ2) is 7.23. The van der Waals surface area contributed by atoms with Gasteiger partial charge in [0.05, 0.1) is 10.6 Å². The molecule has 27 heavy (non-hydrogen) atoms. The van der Waals surface area contributed by atoms with E-state index in [4.69, 9.17) is 11.6 Å². The van der Waals surface area contributed by atoms with Gasteiger partial charge in [0, 0.05) is 29.9 Å². The highest BCUT2D eigenvalue weighted by Crippen LogP contribution is 2.36. The molecular weight excluding hydrogens is 381 g/mol. The van der Waals surface area contributed by atoms with E-state index in [1.165, 1.54) is 6.07 Å². The Morgan fingerprint density at radius 1 is 1.19 bits per heavy atom. The monoisotopic (exact) mass is 396 g/mol. The predicted octanol–water partition coefficient (Wildman–Crippen LogP) is 4.91. The van der Waals surface area contributed by atoms with E-state index in [0.717, 1.165) is 23.4 Å². The summed E-state index contributed by atoms with van der Waals surface area (Å²) in [7, 11) is 0. The Labute approximate surface area is 158 Å². The molecule has 4 nitrogen and oxygen atoms in total. The van der Waals surface area contributed by atoms with Crippen LogP contribution in [0.4, 0.5) is 24.5 Å². The SMILES string of the molecule is CCC(=O)N1CCc2cc(C(=O)Nc3ccc(Cl)c(C(F)(F)F)c3)ccc21. The van der Waals surface area contributed by atoms with Gasteiger partial charge in [0.1, 0.15) is 0 Å². The van der Waals surface area contributed by atoms with Crippen molar-refractivity contribution in [2.24, 2.45) is 0 Å². The number of amides is 2. The van der Waals surface area contributed by atoms with Gasteiger partial charge in [-0.1, -0.05) is 18.5 Å². The van der Waals surface area contributed by atoms with Crippen LogP contribution in [0.3, 0.4) is 0 Å². The summed E-state index contributed by atoms with van der Waals surface area (Å²) in [5.74, 6) is -0.527. The van der Waals surface area contributed by atoms with Crippen molar-refractivity contribution >= 4 is 34.8 Å². The first-order chi connectivity index (χ1) is 12.7. The first-order valence-corrected chi connectivity index (χ1v) is 8.70. The summed E-state index contributed by atoms with van der Waals surface area (Å²) in [6.45, 7) is 2.34. The van der Waals surface area contributed by atoms with E-state index in [0.29, 0.717) is 24.9 Å². The normalized spacial score (nSPS) is 13.4. The number of hydrogen-bond donors (Lipinski definition) is 1. The van der Waals surface area contributed by atoms with Crippen LogP contribution in [-0.4, -0.2) is 18.4 Å². The maximum atomic E-state index is 12.9. The van der Waals surface area contributed by atoms with Gasteiger partial charge in [-0.05, 0) is 48.4 Å². The number of alkyl halides is 3. The lowest BCUT2D eigenvalue weighted by Crippen LogP contribution is -2.27. The van der Waals surface area contributed by atoms with Crippen molar-refractivity contribution in [2.45, 2.75) is 25.9 Å². The lowest BCUT2D eigenvalue weighted by molar-refractivity contribution is -0.137. The van der Waals surface area contributed by atoms with Crippen LogP contribution in [0.15, 0.2) is 36.4 Å². The van der Waals surface area contributed by atoms with Gasteiger partial charge >= 0.3 is 6.18 Å². The number of nitrogens with one attached hydrogen (secondary N) is 1. The van der Waals surface area contributed by atoms with Gasteiger partial charge in [-0.2, -0.15) is 13.2 Å². The van der Waals surface area contributed by atoms with Gasteiger partial charge in [-0.15, -0.1) is 0 Å². The number of anilines is 2. The van der Waals surface area contributed by atoms with Gasteiger partial charge in [0.15, 0.2) is 0 Å². The first-order valence-electron chi connectivity index (χ1n) is 8.32. The summed E-state index contributed by atoms with van der Waals surface area (Å²) in [6.07, 6.45) is -3.60. The average molecular weight is 397 g/mol.